The molecular weight excluding hydrogens is 386 g/mol. The standard InChI is InChI=1S/C16H19FN6O2.C2H3FO/c1-19-9-13-10-23(16(24)25-13)12-2-3-15(14(17)8-12)21-6-7-22(5-4-18)20-11-21;3-1-2-4/h2-3,8,11,13,19H,5-7,9-10H2,1H3;2H,1H2. The Kier molecular flexibility index (Phi) is 8.29. The van der Waals surface area contributed by atoms with Gasteiger partial charge in [-0.2, -0.15) is 10.4 Å². The van der Waals surface area contributed by atoms with Gasteiger partial charge in [0.2, 0.25) is 0 Å². The highest BCUT2D eigenvalue weighted by Crippen LogP contribution is 2.28. The quantitative estimate of drug-likeness (QED) is 0.556. The molecule has 1 atom stereocenters. The van der Waals surface area contributed by atoms with Crippen molar-refractivity contribution in [1.29, 1.82) is 5.26 Å². The molecule has 1 fully saturated rings. The minimum Gasteiger partial charge on any atom is -0.443 e. The van der Waals surface area contributed by atoms with Gasteiger partial charge in [0.15, 0.2) is 6.29 Å². The van der Waals surface area contributed by atoms with Gasteiger partial charge in [0.25, 0.3) is 0 Å². The third kappa shape index (κ3) is 5.86. The van der Waals surface area contributed by atoms with Gasteiger partial charge in [-0.3, -0.25) is 9.91 Å². The summed E-state index contributed by atoms with van der Waals surface area (Å²) in [7, 11) is 1.78. The molecule has 29 heavy (non-hydrogen) atoms. The molecule has 9 nitrogen and oxygen atoms in total. The van der Waals surface area contributed by atoms with Gasteiger partial charge >= 0.3 is 6.09 Å². The number of nitriles is 1. The number of cyclic esters (lactones) is 1. The van der Waals surface area contributed by atoms with E-state index in [1.807, 2.05) is 6.07 Å². The van der Waals surface area contributed by atoms with Crippen LogP contribution in [0.25, 0.3) is 0 Å². The van der Waals surface area contributed by atoms with Crippen LogP contribution in [0.3, 0.4) is 0 Å². The van der Waals surface area contributed by atoms with Crippen LogP contribution in [0, 0.1) is 17.1 Å². The van der Waals surface area contributed by atoms with Gasteiger partial charge in [-0.05, 0) is 25.2 Å². The van der Waals surface area contributed by atoms with Crippen molar-refractivity contribution in [2.45, 2.75) is 6.10 Å². The third-order valence-corrected chi connectivity index (χ3v) is 4.13. The monoisotopic (exact) mass is 408 g/mol. The van der Waals surface area contributed by atoms with Crippen molar-refractivity contribution in [2.24, 2.45) is 5.10 Å². The molecule has 156 valence electrons. The molecule has 1 N–H and O–H groups in total. The fraction of sp³-hybridized carbons (Fsp3) is 0.444. The molecule has 11 heteroatoms. The second-order valence-electron chi connectivity index (χ2n) is 6.10. The van der Waals surface area contributed by atoms with Gasteiger partial charge in [-0.15, -0.1) is 0 Å². The predicted molar refractivity (Wildman–Crippen MR) is 103 cm³/mol. The molecule has 1 unspecified atom stereocenters. The Morgan fingerprint density at radius 2 is 2.21 bits per heavy atom. The lowest BCUT2D eigenvalue weighted by Crippen LogP contribution is -2.38. The molecule has 1 aromatic rings. The number of hydrogen-bond acceptors (Lipinski definition) is 8. The Hall–Kier alpha value is -3.26. The van der Waals surface area contributed by atoms with Crippen molar-refractivity contribution >= 4 is 30.1 Å². The van der Waals surface area contributed by atoms with E-state index in [1.165, 1.54) is 17.3 Å². The van der Waals surface area contributed by atoms with Gasteiger partial charge < -0.3 is 19.7 Å². The number of hydrazone groups is 1. The Balaban J connectivity index is 0.000000687. The van der Waals surface area contributed by atoms with Crippen molar-refractivity contribution < 1.29 is 23.1 Å². The second-order valence-corrected chi connectivity index (χ2v) is 6.10. The van der Waals surface area contributed by atoms with Gasteiger partial charge in [0, 0.05) is 13.1 Å². The van der Waals surface area contributed by atoms with E-state index in [0.29, 0.717) is 37.6 Å². The molecular formula is C18H22F2N6O3. The number of rotatable bonds is 6. The molecule has 0 bridgehead atoms. The van der Waals surface area contributed by atoms with E-state index >= 15 is 0 Å². The van der Waals surface area contributed by atoms with Crippen LogP contribution < -0.4 is 15.1 Å². The maximum atomic E-state index is 14.5. The van der Waals surface area contributed by atoms with Crippen molar-refractivity contribution in [3.05, 3.63) is 24.0 Å². The molecule has 0 aliphatic carbocycles. The van der Waals surface area contributed by atoms with E-state index in [2.05, 4.69) is 10.4 Å². The highest BCUT2D eigenvalue weighted by molar-refractivity contribution is 5.90. The molecule has 0 aromatic heterocycles. The van der Waals surface area contributed by atoms with Gasteiger partial charge in [0.05, 0.1) is 30.5 Å². The first-order chi connectivity index (χ1) is 14.0. The lowest BCUT2D eigenvalue weighted by molar-refractivity contribution is -0.108. The van der Waals surface area contributed by atoms with Crippen LogP contribution in [0.1, 0.15) is 0 Å². The molecule has 2 aliphatic heterocycles. The van der Waals surface area contributed by atoms with Crippen LogP contribution in [0.4, 0.5) is 25.0 Å². The lowest BCUT2D eigenvalue weighted by atomic mass is 10.2. The van der Waals surface area contributed by atoms with Crippen molar-refractivity contribution in [3.63, 3.8) is 0 Å². The summed E-state index contributed by atoms with van der Waals surface area (Å²) in [5.74, 6) is -0.442. The Labute approximate surface area is 167 Å². The number of halogens is 2. The second kappa shape index (κ2) is 10.9. The zero-order valence-electron chi connectivity index (χ0n) is 15.9. The Bertz CT molecular complexity index is 785. The largest absolute Gasteiger partial charge is 0.443 e. The smallest absolute Gasteiger partial charge is 0.414 e. The molecule has 0 saturated carbocycles. The maximum absolute atomic E-state index is 14.5. The number of carbonyl (C=O) groups excluding carboxylic acids is 2. The molecule has 1 saturated heterocycles. The van der Waals surface area contributed by atoms with Crippen LogP contribution in [0.2, 0.25) is 0 Å². The summed E-state index contributed by atoms with van der Waals surface area (Å²) in [5, 5.41) is 17.4. The lowest BCUT2D eigenvalue weighted by Gasteiger charge is -2.29. The average Bonchev–Trinajstić information content (AvgIpc) is 3.09. The summed E-state index contributed by atoms with van der Waals surface area (Å²) in [6.07, 6.45) is 0.992. The first-order valence-electron chi connectivity index (χ1n) is 8.88. The number of nitrogens with one attached hydrogen (secondary N) is 1. The topological polar surface area (TPSA) is 101 Å². The van der Waals surface area contributed by atoms with Gasteiger partial charge in [-0.1, -0.05) is 0 Å². The summed E-state index contributed by atoms with van der Waals surface area (Å²) >= 11 is 0. The summed E-state index contributed by atoms with van der Waals surface area (Å²) in [4.78, 5) is 23.8. The summed E-state index contributed by atoms with van der Waals surface area (Å²) in [5.41, 5.74) is 0.841. The van der Waals surface area contributed by atoms with E-state index in [4.69, 9.17) is 14.8 Å². The fourth-order valence-corrected chi connectivity index (χ4v) is 2.82. The molecule has 1 amide bonds. The molecule has 3 rings (SSSR count). The van der Waals surface area contributed by atoms with E-state index < -0.39 is 18.6 Å². The van der Waals surface area contributed by atoms with Gasteiger partial charge in [-0.25, -0.2) is 13.6 Å². The Morgan fingerprint density at radius 3 is 2.76 bits per heavy atom. The predicted octanol–water partition coefficient (Wildman–Crippen LogP) is 1.11. The molecule has 0 radical (unpaired) electrons. The highest BCUT2D eigenvalue weighted by Gasteiger charge is 2.32. The average molecular weight is 408 g/mol. The SMILES string of the molecule is CNCC1CN(c2ccc(N3C=NN(CC#N)CC3)c(F)c2)C(=O)O1.O=CCF. The number of aldehydes is 1. The zero-order chi connectivity index (χ0) is 21.2. The number of carbonyl (C=O) groups is 2. The van der Waals surface area contributed by atoms with E-state index in [1.54, 1.807) is 29.1 Å². The van der Waals surface area contributed by atoms with Gasteiger partial charge in [0.1, 0.15) is 31.5 Å². The van der Waals surface area contributed by atoms with Crippen LogP contribution in [-0.4, -0.2) is 76.3 Å². The molecule has 2 aliphatic rings. The van der Waals surface area contributed by atoms with E-state index in [9.17, 15) is 13.6 Å². The first kappa shape index (κ1) is 22.0. The third-order valence-electron chi connectivity index (χ3n) is 4.13. The minimum atomic E-state index is -0.861. The number of nitrogens with zero attached hydrogens (tertiary/aromatic N) is 5. The van der Waals surface area contributed by atoms with Crippen LogP contribution in [-0.2, 0) is 9.53 Å². The summed E-state index contributed by atoms with van der Waals surface area (Å²) in [6.45, 7) is 1.34. The number of alkyl halides is 1. The summed E-state index contributed by atoms with van der Waals surface area (Å²) < 4.78 is 30.1. The fourth-order valence-electron chi connectivity index (χ4n) is 2.82. The van der Waals surface area contributed by atoms with E-state index in [-0.39, 0.29) is 18.9 Å². The number of anilines is 2. The summed E-state index contributed by atoms with van der Waals surface area (Å²) in [6, 6.07) is 6.66. The number of ether oxygens (including phenoxy) is 1. The molecule has 2 heterocycles. The molecule has 1 aromatic carbocycles. The minimum absolute atomic E-state index is 0.205. The van der Waals surface area contributed by atoms with Crippen molar-refractivity contribution in [1.82, 2.24) is 10.3 Å². The van der Waals surface area contributed by atoms with Crippen molar-refractivity contribution in [2.75, 3.05) is 56.2 Å². The number of likely N-dealkylation sites (N-methyl/N-ethyl adjacent to an activating group) is 1. The normalized spacial score (nSPS) is 18.1. The number of hydrogen-bond donors (Lipinski definition) is 1. The van der Waals surface area contributed by atoms with Crippen molar-refractivity contribution in [3.8, 4) is 6.07 Å². The van der Waals surface area contributed by atoms with E-state index in [0.717, 1.165) is 0 Å². The van der Waals surface area contributed by atoms with Crippen LogP contribution >= 0.6 is 0 Å². The van der Waals surface area contributed by atoms with Crippen LogP contribution in [0.15, 0.2) is 23.3 Å². The molecule has 0 spiro atoms. The number of amides is 1. The highest BCUT2D eigenvalue weighted by atomic mass is 19.1. The first-order valence-corrected chi connectivity index (χ1v) is 8.88. The number of benzene rings is 1. The van der Waals surface area contributed by atoms with Crippen LogP contribution in [0.5, 0.6) is 0 Å². The Morgan fingerprint density at radius 1 is 1.45 bits per heavy atom. The maximum Gasteiger partial charge on any atom is 0.414 e. The zero-order valence-corrected chi connectivity index (χ0v) is 15.9.